The Morgan fingerprint density at radius 3 is 3.18 bits per heavy atom. The average Bonchev–Trinajstić information content (AvgIpc) is 2.77. The number of carboxylic acids is 1. The fourth-order valence-corrected chi connectivity index (χ4v) is 1.74. The molecule has 1 aliphatic rings. The lowest BCUT2D eigenvalue weighted by Gasteiger charge is -2.16. The molecule has 6 heteroatoms. The number of hydrogen-bond acceptors (Lipinski definition) is 5. The number of aliphatic carboxylic acids is 1. The molecule has 2 atom stereocenters. The molecule has 1 aromatic rings. The zero-order valence-corrected chi connectivity index (χ0v) is 8.96. The van der Waals surface area contributed by atoms with Gasteiger partial charge in [-0.05, 0) is 12.1 Å². The quantitative estimate of drug-likeness (QED) is 0.787. The molecule has 2 heterocycles. The summed E-state index contributed by atoms with van der Waals surface area (Å²) in [7, 11) is 0. The first-order valence-corrected chi connectivity index (χ1v) is 5.14. The Kier molecular flexibility index (Phi) is 3.21. The Bertz CT molecular complexity index is 469. The van der Waals surface area contributed by atoms with E-state index in [1.807, 2.05) is 6.07 Å². The van der Waals surface area contributed by atoms with Crippen molar-refractivity contribution in [2.75, 3.05) is 18.5 Å². The van der Waals surface area contributed by atoms with E-state index in [4.69, 9.17) is 15.1 Å². The summed E-state index contributed by atoms with van der Waals surface area (Å²) in [5, 5.41) is 20.7. The first-order chi connectivity index (χ1) is 8.20. The van der Waals surface area contributed by atoms with Crippen LogP contribution in [0, 0.1) is 17.2 Å². The number of nitrogens with one attached hydrogen (secondary N) is 1. The highest BCUT2D eigenvalue weighted by molar-refractivity contribution is 5.72. The van der Waals surface area contributed by atoms with Gasteiger partial charge in [0.1, 0.15) is 17.7 Å². The van der Waals surface area contributed by atoms with Crippen LogP contribution in [-0.2, 0) is 9.53 Å². The normalized spacial score (nSPS) is 23.0. The number of nitriles is 1. The van der Waals surface area contributed by atoms with Crippen molar-refractivity contribution in [3.63, 3.8) is 0 Å². The maximum absolute atomic E-state index is 10.9. The predicted molar refractivity (Wildman–Crippen MR) is 58.3 cm³/mol. The van der Waals surface area contributed by atoms with Crippen molar-refractivity contribution in [3.05, 3.63) is 24.0 Å². The molecular formula is C11H11N3O3. The Hall–Kier alpha value is -2.13. The van der Waals surface area contributed by atoms with E-state index in [1.54, 1.807) is 12.1 Å². The van der Waals surface area contributed by atoms with E-state index in [9.17, 15) is 4.79 Å². The smallest absolute Gasteiger partial charge is 0.311 e. The third-order valence-corrected chi connectivity index (χ3v) is 2.62. The van der Waals surface area contributed by atoms with Crippen molar-refractivity contribution in [1.82, 2.24) is 4.98 Å². The Labute approximate surface area is 97.8 Å². The van der Waals surface area contributed by atoms with Crippen molar-refractivity contribution in [2.45, 2.75) is 6.04 Å². The van der Waals surface area contributed by atoms with E-state index in [0.29, 0.717) is 18.0 Å². The molecule has 0 spiro atoms. The molecular weight excluding hydrogens is 222 g/mol. The van der Waals surface area contributed by atoms with Crippen molar-refractivity contribution in [3.8, 4) is 6.07 Å². The number of ether oxygens (including phenoxy) is 1. The lowest BCUT2D eigenvalue weighted by atomic mass is 10.0. The monoisotopic (exact) mass is 233 g/mol. The van der Waals surface area contributed by atoms with Gasteiger partial charge in [-0.3, -0.25) is 4.79 Å². The average molecular weight is 233 g/mol. The number of carboxylic acid groups (broad SMARTS) is 1. The van der Waals surface area contributed by atoms with Gasteiger partial charge >= 0.3 is 5.97 Å². The number of nitrogens with zero attached hydrogens (tertiary/aromatic N) is 2. The van der Waals surface area contributed by atoms with E-state index < -0.39 is 11.9 Å². The summed E-state index contributed by atoms with van der Waals surface area (Å²) in [4.78, 5) is 14.8. The van der Waals surface area contributed by atoms with Gasteiger partial charge in [0, 0.05) is 11.9 Å². The second-order valence-electron chi connectivity index (χ2n) is 3.77. The van der Waals surface area contributed by atoms with E-state index in [1.165, 1.54) is 6.20 Å². The minimum absolute atomic E-state index is 0.211. The predicted octanol–water partition coefficient (Wildman–Crippen LogP) is 0.465. The number of hydrogen-bond donors (Lipinski definition) is 2. The van der Waals surface area contributed by atoms with Gasteiger partial charge in [-0.2, -0.15) is 5.26 Å². The molecule has 0 aromatic carbocycles. The van der Waals surface area contributed by atoms with Crippen LogP contribution in [0.5, 0.6) is 0 Å². The SMILES string of the molecule is N#Cc1cc(NC2COCC2C(=O)O)ccn1. The first kappa shape index (κ1) is 11.4. The molecule has 17 heavy (non-hydrogen) atoms. The van der Waals surface area contributed by atoms with E-state index in [0.717, 1.165) is 0 Å². The third kappa shape index (κ3) is 2.52. The Morgan fingerprint density at radius 1 is 1.65 bits per heavy atom. The van der Waals surface area contributed by atoms with E-state index in [-0.39, 0.29) is 12.6 Å². The van der Waals surface area contributed by atoms with Gasteiger partial charge in [-0.1, -0.05) is 0 Å². The summed E-state index contributed by atoms with van der Waals surface area (Å²) in [6.07, 6.45) is 1.51. The molecule has 1 fully saturated rings. The largest absolute Gasteiger partial charge is 0.481 e. The molecule has 1 aromatic heterocycles. The Balaban J connectivity index is 2.10. The number of pyridine rings is 1. The molecule has 2 rings (SSSR count). The number of aromatic nitrogens is 1. The highest BCUT2D eigenvalue weighted by Gasteiger charge is 2.33. The highest BCUT2D eigenvalue weighted by atomic mass is 16.5. The summed E-state index contributed by atoms with van der Waals surface area (Å²) in [6.45, 7) is 0.560. The van der Waals surface area contributed by atoms with Gasteiger partial charge in [0.2, 0.25) is 0 Å². The van der Waals surface area contributed by atoms with Gasteiger partial charge in [-0.15, -0.1) is 0 Å². The molecule has 0 radical (unpaired) electrons. The van der Waals surface area contributed by atoms with Crippen LogP contribution < -0.4 is 5.32 Å². The van der Waals surface area contributed by atoms with E-state index in [2.05, 4.69) is 10.3 Å². The molecule has 2 N–H and O–H groups in total. The lowest BCUT2D eigenvalue weighted by Crippen LogP contribution is -2.33. The standard InChI is InChI=1S/C11H11N3O3/c12-4-8-3-7(1-2-13-8)14-10-6-17-5-9(10)11(15)16/h1-3,9-10H,5-6H2,(H,13,14)(H,15,16). The van der Waals surface area contributed by atoms with Gasteiger partial charge in [0.25, 0.3) is 0 Å². The minimum atomic E-state index is -0.880. The summed E-state index contributed by atoms with van der Waals surface area (Å²) in [6, 6.07) is 4.92. The van der Waals surface area contributed by atoms with Crippen molar-refractivity contribution >= 4 is 11.7 Å². The third-order valence-electron chi connectivity index (χ3n) is 2.62. The van der Waals surface area contributed by atoms with Crippen molar-refractivity contribution in [1.29, 1.82) is 5.26 Å². The molecule has 88 valence electrons. The second kappa shape index (κ2) is 4.80. The fraction of sp³-hybridized carbons (Fsp3) is 0.364. The number of carbonyl (C=O) groups is 1. The molecule has 0 aliphatic carbocycles. The van der Waals surface area contributed by atoms with E-state index >= 15 is 0 Å². The van der Waals surface area contributed by atoms with Gasteiger partial charge in [-0.25, -0.2) is 4.98 Å². The molecule has 0 bridgehead atoms. The number of rotatable bonds is 3. The summed E-state index contributed by atoms with van der Waals surface area (Å²) >= 11 is 0. The van der Waals surface area contributed by atoms with Gasteiger partial charge in [0.05, 0.1) is 19.3 Å². The Morgan fingerprint density at radius 2 is 2.47 bits per heavy atom. The molecule has 2 unspecified atom stereocenters. The molecule has 6 nitrogen and oxygen atoms in total. The minimum Gasteiger partial charge on any atom is -0.481 e. The molecule has 1 aliphatic heterocycles. The highest BCUT2D eigenvalue weighted by Crippen LogP contribution is 2.19. The zero-order chi connectivity index (χ0) is 12.3. The lowest BCUT2D eigenvalue weighted by molar-refractivity contribution is -0.141. The second-order valence-corrected chi connectivity index (χ2v) is 3.77. The van der Waals surface area contributed by atoms with Crippen LogP contribution in [0.1, 0.15) is 5.69 Å². The molecule has 0 amide bonds. The van der Waals surface area contributed by atoms with Crippen LogP contribution in [0.25, 0.3) is 0 Å². The first-order valence-electron chi connectivity index (χ1n) is 5.14. The van der Waals surface area contributed by atoms with Crippen molar-refractivity contribution < 1.29 is 14.6 Å². The maximum atomic E-state index is 10.9. The van der Waals surface area contributed by atoms with Crippen LogP contribution in [0.15, 0.2) is 18.3 Å². The van der Waals surface area contributed by atoms with Crippen LogP contribution in [-0.4, -0.2) is 35.3 Å². The number of anilines is 1. The topological polar surface area (TPSA) is 95.2 Å². The van der Waals surface area contributed by atoms with Crippen LogP contribution in [0.2, 0.25) is 0 Å². The van der Waals surface area contributed by atoms with Crippen LogP contribution in [0.4, 0.5) is 5.69 Å². The summed E-state index contributed by atoms with van der Waals surface area (Å²) in [5.41, 5.74) is 0.971. The van der Waals surface area contributed by atoms with Gasteiger partial charge < -0.3 is 15.2 Å². The maximum Gasteiger partial charge on any atom is 0.311 e. The van der Waals surface area contributed by atoms with Gasteiger partial charge in [0.15, 0.2) is 0 Å². The van der Waals surface area contributed by atoms with Crippen LogP contribution >= 0.6 is 0 Å². The van der Waals surface area contributed by atoms with Crippen LogP contribution in [0.3, 0.4) is 0 Å². The summed E-state index contributed by atoms with van der Waals surface area (Å²) < 4.78 is 5.14. The zero-order valence-electron chi connectivity index (χ0n) is 8.96. The molecule has 0 saturated carbocycles. The van der Waals surface area contributed by atoms with Crippen molar-refractivity contribution in [2.24, 2.45) is 5.92 Å². The molecule has 1 saturated heterocycles. The summed E-state index contributed by atoms with van der Waals surface area (Å²) in [5.74, 6) is -1.44. The fourth-order valence-electron chi connectivity index (χ4n) is 1.74.